The summed E-state index contributed by atoms with van der Waals surface area (Å²) in [6.07, 6.45) is 2.22. The largest absolute Gasteiger partial charge is 0.488 e. The van der Waals surface area contributed by atoms with Gasteiger partial charge < -0.3 is 19.5 Å². The first kappa shape index (κ1) is 27.4. The molecule has 2 aliphatic rings. The van der Waals surface area contributed by atoms with Gasteiger partial charge in [0.05, 0.1) is 16.3 Å². The molecule has 2 aromatic rings. The van der Waals surface area contributed by atoms with Crippen LogP contribution in [-0.4, -0.2) is 65.6 Å². The second-order valence-electron chi connectivity index (χ2n) is 9.50. The monoisotopic (exact) mass is 539 g/mol. The lowest BCUT2D eigenvalue weighted by molar-refractivity contribution is -0.134. The Morgan fingerprint density at radius 1 is 1.24 bits per heavy atom. The van der Waals surface area contributed by atoms with Gasteiger partial charge in [0.15, 0.2) is 6.61 Å². The number of nitrogens with one attached hydrogen (secondary N) is 2. The number of piperidine rings is 1. The van der Waals surface area contributed by atoms with Crippen LogP contribution >= 0.6 is 11.6 Å². The molecular formula is C27H30ClN5O5. The molecule has 0 radical (unpaired) electrons. The average molecular weight is 540 g/mol. The molecule has 1 atom stereocenters. The molecule has 0 saturated carbocycles. The third-order valence-corrected chi connectivity index (χ3v) is 6.70. The summed E-state index contributed by atoms with van der Waals surface area (Å²) in [6.45, 7) is 2.50. The van der Waals surface area contributed by atoms with Gasteiger partial charge in [-0.1, -0.05) is 23.7 Å². The van der Waals surface area contributed by atoms with Crippen molar-refractivity contribution in [3.63, 3.8) is 0 Å². The summed E-state index contributed by atoms with van der Waals surface area (Å²) in [6, 6.07) is 14.1. The van der Waals surface area contributed by atoms with Gasteiger partial charge in [-0.15, -0.1) is 0 Å². The van der Waals surface area contributed by atoms with Crippen molar-refractivity contribution in [2.75, 3.05) is 26.3 Å². The second-order valence-corrected chi connectivity index (χ2v) is 9.90. The molecule has 38 heavy (non-hydrogen) atoms. The van der Waals surface area contributed by atoms with Gasteiger partial charge in [-0.2, -0.15) is 10.4 Å². The van der Waals surface area contributed by atoms with Crippen LogP contribution in [0.3, 0.4) is 0 Å². The van der Waals surface area contributed by atoms with Crippen LogP contribution in [0.5, 0.6) is 11.5 Å². The van der Waals surface area contributed by atoms with E-state index < -0.39 is 5.72 Å². The van der Waals surface area contributed by atoms with Gasteiger partial charge in [0, 0.05) is 32.0 Å². The highest BCUT2D eigenvalue weighted by Gasteiger charge is 2.30. The van der Waals surface area contributed by atoms with E-state index >= 15 is 0 Å². The lowest BCUT2D eigenvalue weighted by Crippen LogP contribution is -2.55. The van der Waals surface area contributed by atoms with Crippen molar-refractivity contribution in [3.05, 3.63) is 58.6 Å². The zero-order valence-electron chi connectivity index (χ0n) is 21.1. The highest BCUT2D eigenvalue weighted by atomic mass is 35.5. The van der Waals surface area contributed by atoms with Crippen LogP contribution in [0, 0.1) is 11.3 Å². The van der Waals surface area contributed by atoms with E-state index in [0.717, 1.165) is 11.3 Å². The number of carbonyl (C=O) groups excluding carboxylic acids is 2. The molecule has 0 aromatic heterocycles. The maximum atomic E-state index is 12.7. The Hall–Kier alpha value is -3.65. The predicted molar refractivity (Wildman–Crippen MR) is 141 cm³/mol. The Morgan fingerprint density at radius 3 is 2.68 bits per heavy atom. The fourth-order valence-electron chi connectivity index (χ4n) is 4.37. The zero-order valence-corrected chi connectivity index (χ0v) is 21.8. The number of rotatable bonds is 9. The van der Waals surface area contributed by atoms with E-state index in [9.17, 15) is 20.0 Å². The fourth-order valence-corrected chi connectivity index (χ4v) is 4.60. The Bertz CT molecular complexity index is 1250. The smallest absolute Gasteiger partial charge is 0.260 e. The number of nitriles is 1. The van der Waals surface area contributed by atoms with E-state index in [1.165, 1.54) is 0 Å². The van der Waals surface area contributed by atoms with Crippen molar-refractivity contribution in [3.8, 4) is 17.6 Å². The van der Waals surface area contributed by atoms with Gasteiger partial charge in [-0.05, 0) is 55.7 Å². The topological polar surface area (TPSA) is 136 Å². The van der Waals surface area contributed by atoms with Crippen LogP contribution < -0.4 is 20.2 Å². The van der Waals surface area contributed by atoms with Crippen LogP contribution in [0.25, 0.3) is 0 Å². The van der Waals surface area contributed by atoms with E-state index in [2.05, 4.69) is 21.9 Å². The lowest BCUT2D eigenvalue weighted by Gasteiger charge is -2.36. The zero-order chi connectivity index (χ0) is 27.1. The molecule has 11 heteroatoms. The number of hydrogen-bond donors (Lipinski definition) is 3. The van der Waals surface area contributed by atoms with Crippen molar-refractivity contribution >= 4 is 29.1 Å². The number of nitrogens with zero attached hydrogens (tertiary/aromatic N) is 3. The summed E-state index contributed by atoms with van der Waals surface area (Å²) < 4.78 is 11.4. The van der Waals surface area contributed by atoms with Crippen LogP contribution in [0.1, 0.15) is 43.7 Å². The molecule has 2 heterocycles. The van der Waals surface area contributed by atoms with Gasteiger partial charge in [-0.3, -0.25) is 14.9 Å². The lowest BCUT2D eigenvalue weighted by atomic mass is 10.0. The number of carbonyl (C=O) groups is 2. The first-order valence-electron chi connectivity index (χ1n) is 12.4. The number of para-hydroxylation sites is 1. The second kappa shape index (κ2) is 12.3. The molecule has 10 nitrogen and oxygen atoms in total. The molecule has 0 bridgehead atoms. The van der Waals surface area contributed by atoms with Crippen molar-refractivity contribution in [1.29, 1.82) is 5.26 Å². The summed E-state index contributed by atoms with van der Waals surface area (Å²) >= 11 is 6.36. The van der Waals surface area contributed by atoms with Crippen molar-refractivity contribution in [1.82, 2.24) is 15.6 Å². The highest BCUT2D eigenvalue weighted by molar-refractivity contribution is 6.32. The number of benzene rings is 2. The van der Waals surface area contributed by atoms with E-state index in [-0.39, 0.29) is 31.1 Å². The standard InChI is InChI=1S/C27H30ClN5O5/c1-27(36,17-38-23-5-3-2-4-19(23)15-29)30-20-10-12-33(13-11-20)26(35)16-37-24-8-6-18(14-21(24)28)22-7-9-25(34)32-31-22/h2-6,8,14,20,30,36H,7,9-13,16-17H2,1H3,(H,32,34)/t27-/m1/s1. The fraction of sp³-hybridized carbons (Fsp3) is 0.407. The molecule has 2 amide bonds. The van der Waals surface area contributed by atoms with Crippen molar-refractivity contribution in [2.24, 2.45) is 5.10 Å². The van der Waals surface area contributed by atoms with Crippen LogP contribution in [0.15, 0.2) is 47.6 Å². The summed E-state index contributed by atoms with van der Waals surface area (Å²) in [5.74, 6) is 0.556. The summed E-state index contributed by atoms with van der Waals surface area (Å²) in [4.78, 5) is 25.7. The van der Waals surface area contributed by atoms with Crippen LogP contribution in [0.4, 0.5) is 0 Å². The van der Waals surface area contributed by atoms with Crippen LogP contribution in [0.2, 0.25) is 5.02 Å². The minimum atomic E-state index is -1.31. The summed E-state index contributed by atoms with van der Waals surface area (Å²) in [5.41, 5.74) is 3.09. The van der Waals surface area contributed by atoms with Gasteiger partial charge in [0.2, 0.25) is 5.91 Å². The Labute approximate surface area is 226 Å². The molecule has 1 fully saturated rings. The SMILES string of the molecule is C[C@@](O)(COc1ccccc1C#N)NC1CCN(C(=O)COc2ccc(C3=NNC(=O)CC3)cc2Cl)CC1. The van der Waals surface area contributed by atoms with Gasteiger partial charge in [0.1, 0.15) is 29.9 Å². The number of ether oxygens (including phenoxy) is 2. The average Bonchev–Trinajstić information content (AvgIpc) is 2.92. The minimum Gasteiger partial charge on any atom is -0.488 e. The molecular weight excluding hydrogens is 510 g/mol. The summed E-state index contributed by atoms with van der Waals surface area (Å²) in [7, 11) is 0. The maximum Gasteiger partial charge on any atom is 0.260 e. The third kappa shape index (κ3) is 7.22. The number of aliphatic hydroxyl groups is 1. The molecule has 0 aliphatic carbocycles. The first-order valence-corrected chi connectivity index (χ1v) is 12.8. The van der Waals surface area contributed by atoms with E-state index in [4.69, 9.17) is 21.1 Å². The molecule has 3 N–H and O–H groups in total. The quantitative estimate of drug-likeness (QED) is 0.417. The number of hydrazone groups is 1. The molecule has 2 aliphatic heterocycles. The number of halogens is 1. The van der Waals surface area contributed by atoms with Crippen molar-refractivity contribution < 1.29 is 24.2 Å². The van der Waals surface area contributed by atoms with Gasteiger partial charge in [0.25, 0.3) is 5.91 Å². The van der Waals surface area contributed by atoms with Gasteiger partial charge in [-0.25, -0.2) is 5.43 Å². The number of likely N-dealkylation sites (tertiary alicyclic amines) is 1. The van der Waals surface area contributed by atoms with Gasteiger partial charge >= 0.3 is 0 Å². The van der Waals surface area contributed by atoms with Crippen molar-refractivity contribution in [2.45, 2.75) is 44.4 Å². The molecule has 2 aromatic carbocycles. The maximum absolute atomic E-state index is 12.7. The van der Waals surface area contributed by atoms with E-state index in [1.54, 1.807) is 54.3 Å². The van der Waals surface area contributed by atoms with Crippen LogP contribution in [-0.2, 0) is 9.59 Å². The molecule has 200 valence electrons. The summed E-state index contributed by atoms with van der Waals surface area (Å²) in [5, 5.41) is 27.6. The first-order chi connectivity index (χ1) is 18.2. The highest BCUT2D eigenvalue weighted by Crippen LogP contribution is 2.27. The molecule has 0 spiro atoms. The third-order valence-electron chi connectivity index (χ3n) is 6.40. The Morgan fingerprint density at radius 2 is 2.00 bits per heavy atom. The Balaban J connectivity index is 1.21. The molecule has 4 rings (SSSR count). The molecule has 1 saturated heterocycles. The molecule has 0 unspecified atom stereocenters. The number of amides is 2. The van der Waals surface area contributed by atoms with E-state index in [0.29, 0.717) is 60.9 Å². The normalized spacial score (nSPS) is 17.6. The minimum absolute atomic E-state index is 0.000692. The predicted octanol–water partition coefficient (Wildman–Crippen LogP) is 2.57. The van der Waals surface area contributed by atoms with E-state index in [1.807, 2.05) is 0 Å². The number of hydrogen-bond acceptors (Lipinski definition) is 8. The Kier molecular flexibility index (Phi) is 8.84.